The third kappa shape index (κ3) is 3.47. The van der Waals surface area contributed by atoms with E-state index in [-0.39, 0.29) is 10.6 Å². The highest BCUT2D eigenvalue weighted by molar-refractivity contribution is 9.11. The van der Waals surface area contributed by atoms with Crippen LogP contribution in [0.2, 0.25) is 5.02 Å². The number of aromatic nitrogens is 4. The molecule has 6 nitrogen and oxygen atoms in total. The van der Waals surface area contributed by atoms with Crippen LogP contribution in [0.4, 0.5) is 0 Å². The minimum atomic E-state index is -1.08. The van der Waals surface area contributed by atoms with Gasteiger partial charge in [0.05, 0.1) is 21.8 Å². The first-order valence-corrected chi connectivity index (χ1v) is 9.59. The van der Waals surface area contributed by atoms with Crippen LogP contribution in [0.15, 0.2) is 51.7 Å². The van der Waals surface area contributed by atoms with E-state index in [4.69, 9.17) is 16.7 Å². The Morgan fingerprint density at radius 1 is 1.11 bits per heavy atom. The second-order valence-corrected chi connectivity index (χ2v) is 7.84. The number of benzene rings is 1. The van der Waals surface area contributed by atoms with Crippen molar-refractivity contribution in [3.05, 3.63) is 62.3 Å². The zero-order valence-corrected chi connectivity index (χ0v) is 17.3. The van der Waals surface area contributed by atoms with Crippen molar-refractivity contribution in [2.45, 2.75) is 0 Å². The van der Waals surface area contributed by atoms with Gasteiger partial charge in [-0.05, 0) is 46.3 Å². The monoisotopic (exact) mass is 506 g/mol. The van der Waals surface area contributed by atoms with Gasteiger partial charge in [0.15, 0.2) is 5.82 Å². The van der Waals surface area contributed by atoms with Crippen LogP contribution >= 0.6 is 43.5 Å². The molecule has 0 amide bonds. The molecular formula is C18H9Br2ClN4O2. The summed E-state index contributed by atoms with van der Waals surface area (Å²) in [6.45, 7) is 0. The lowest BCUT2D eigenvalue weighted by Crippen LogP contribution is -1.98. The number of nitrogens with one attached hydrogen (secondary N) is 1. The number of nitrogens with zero attached hydrogens (tertiary/aromatic N) is 3. The number of pyridine rings is 2. The van der Waals surface area contributed by atoms with Crippen molar-refractivity contribution < 1.29 is 9.90 Å². The molecule has 0 unspecified atom stereocenters. The molecule has 0 saturated heterocycles. The molecule has 0 saturated carbocycles. The molecule has 0 bridgehead atoms. The van der Waals surface area contributed by atoms with E-state index in [2.05, 4.69) is 51.8 Å². The summed E-state index contributed by atoms with van der Waals surface area (Å²) in [4.78, 5) is 27.4. The van der Waals surface area contributed by atoms with E-state index in [9.17, 15) is 4.79 Å². The Hall–Kier alpha value is -2.29. The maximum Gasteiger partial charge on any atom is 0.337 e. The summed E-state index contributed by atoms with van der Waals surface area (Å²) in [5, 5.41) is 9.25. The molecule has 1 aromatic carbocycles. The average molecular weight is 509 g/mol. The van der Waals surface area contributed by atoms with Crippen molar-refractivity contribution in [1.29, 1.82) is 0 Å². The van der Waals surface area contributed by atoms with Crippen LogP contribution in [0.1, 0.15) is 10.4 Å². The van der Waals surface area contributed by atoms with E-state index < -0.39 is 5.97 Å². The molecule has 0 fully saturated rings. The normalized spacial score (nSPS) is 11.1. The molecule has 0 atom stereocenters. The number of aromatic carboxylic acids is 1. The third-order valence-corrected chi connectivity index (χ3v) is 5.22. The zero-order chi connectivity index (χ0) is 19.1. The SMILES string of the molecule is O=C(O)c1cnc(-c2ccc(-c3nc4c(Br)cc(Br)cc4[nH]3)nc2)c(Cl)c1. The van der Waals surface area contributed by atoms with Gasteiger partial charge in [-0.15, -0.1) is 0 Å². The summed E-state index contributed by atoms with van der Waals surface area (Å²) in [6.07, 6.45) is 2.90. The molecule has 0 aliphatic rings. The molecule has 27 heavy (non-hydrogen) atoms. The van der Waals surface area contributed by atoms with E-state index in [1.54, 1.807) is 12.3 Å². The largest absolute Gasteiger partial charge is 0.478 e. The Morgan fingerprint density at radius 2 is 1.93 bits per heavy atom. The number of fused-ring (bicyclic) bond motifs is 1. The van der Waals surface area contributed by atoms with E-state index in [1.807, 2.05) is 18.2 Å². The van der Waals surface area contributed by atoms with Crippen molar-refractivity contribution >= 4 is 60.5 Å². The first kappa shape index (κ1) is 18.1. The highest BCUT2D eigenvalue weighted by Gasteiger charge is 2.13. The highest BCUT2D eigenvalue weighted by atomic mass is 79.9. The van der Waals surface area contributed by atoms with Crippen molar-refractivity contribution in [3.8, 4) is 22.8 Å². The van der Waals surface area contributed by atoms with E-state index in [0.29, 0.717) is 22.8 Å². The number of hydrogen-bond acceptors (Lipinski definition) is 4. The van der Waals surface area contributed by atoms with Crippen molar-refractivity contribution in [2.75, 3.05) is 0 Å². The van der Waals surface area contributed by atoms with Crippen molar-refractivity contribution in [2.24, 2.45) is 0 Å². The van der Waals surface area contributed by atoms with Crippen molar-refractivity contribution in [3.63, 3.8) is 0 Å². The fraction of sp³-hybridized carbons (Fsp3) is 0. The average Bonchev–Trinajstić information content (AvgIpc) is 3.06. The second-order valence-electron chi connectivity index (χ2n) is 5.66. The Kier molecular flexibility index (Phi) is 4.71. The molecule has 134 valence electrons. The molecule has 0 aliphatic carbocycles. The number of carboxylic acid groups (broad SMARTS) is 1. The highest BCUT2D eigenvalue weighted by Crippen LogP contribution is 2.30. The topological polar surface area (TPSA) is 91.8 Å². The van der Waals surface area contributed by atoms with Gasteiger partial charge >= 0.3 is 5.97 Å². The number of hydrogen-bond donors (Lipinski definition) is 2. The van der Waals surface area contributed by atoms with Gasteiger partial charge in [0.2, 0.25) is 0 Å². The van der Waals surface area contributed by atoms with Crippen LogP contribution in [0, 0.1) is 0 Å². The molecule has 3 heterocycles. The van der Waals surface area contributed by atoms with Gasteiger partial charge < -0.3 is 10.1 Å². The lowest BCUT2D eigenvalue weighted by molar-refractivity contribution is 0.0696. The summed E-state index contributed by atoms with van der Waals surface area (Å²) in [6, 6.07) is 8.86. The Bertz CT molecular complexity index is 1190. The van der Waals surface area contributed by atoms with Crippen molar-refractivity contribution in [1.82, 2.24) is 19.9 Å². The Morgan fingerprint density at radius 3 is 2.59 bits per heavy atom. The van der Waals surface area contributed by atoms with Gasteiger partial charge in [0.1, 0.15) is 11.2 Å². The van der Waals surface area contributed by atoms with E-state index >= 15 is 0 Å². The van der Waals surface area contributed by atoms with Crippen LogP contribution in [0.25, 0.3) is 33.8 Å². The summed E-state index contributed by atoms with van der Waals surface area (Å²) < 4.78 is 1.81. The van der Waals surface area contributed by atoms with Crippen LogP contribution in [-0.4, -0.2) is 31.0 Å². The number of rotatable bonds is 3. The summed E-state index contributed by atoms with van der Waals surface area (Å²) >= 11 is 13.1. The first-order valence-electron chi connectivity index (χ1n) is 7.63. The molecule has 0 aliphatic heterocycles. The van der Waals surface area contributed by atoms with Gasteiger partial charge in [-0.1, -0.05) is 27.5 Å². The summed E-state index contributed by atoms with van der Waals surface area (Å²) in [5.74, 6) is -0.442. The van der Waals surface area contributed by atoms with Crippen LogP contribution in [-0.2, 0) is 0 Å². The number of halogens is 3. The van der Waals surface area contributed by atoms with Crippen LogP contribution in [0.3, 0.4) is 0 Å². The third-order valence-electron chi connectivity index (χ3n) is 3.87. The van der Waals surface area contributed by atoms with Gasteiger partial charge in [0.25, 0.3) is 0 Å². The number of carboxylic acids is 1. The summed E-state index contributed by atoms with van der Waals surface area (Å²) in [5.41, 5.74) is 3.54. The number of aromatic amines is 1. The van der Waals surface area contributed by atoms with Gasteiger partial charge in [0, 0.05) is 26.9 Å². The Labute approximate surface area is 174 Å². The molecule has 4 rings (SSSR count). The second kappa shape index (κ2) is 7.03. The van der Waals surface area contributed by atoms with Gasteiger partial charge in [-0.2, -0.15) is 0 Å². The molecule has 0 radical (unpaired) electrons. The lowest BCUT2D eigenvalue weighted by Gasteiger charge is -2.05. The van der Waals surface area contributed by atoms with E-state index in [0.717, 1.165) is 20.0 Å². The zero-order valence-electron chi connectivity index (χ0n) is 13.4. The molecule has 0 spiro atoms. The Balaban J connectivity index is 1.70. The summed E-state index contributed by atoms with van der Waals surface area (Å²) in [7, 11) is 0. The predicted molar refractivity (Wildman–Crippen MR) is 110 cm³/mol. The minimum Gasteiger partial charge on any atom is -0.478 e. The van der Waals surface area contributed by atoms with Crippen LogP contribution < -0.4 is 0 Å². The standard InChI is InChI=1S/C18H9Br2ClN4O2/c19-10-4-11(20)16-14(5-10)24-17(25-16)13-2-1-8(6-22-13)15-12(21)3-9(7-23-15)18(26)27/h1-7H,(H,24,25)(H,26,27). The molecular weight excluding hydrogens is 499 g/mol. The lowest BCUT2D eigenvalue weighted by atomic mass is 10.1. The number of imidazole rings is 1. The molecule has 3 aromatic heterocycles. The maximum atomic E-state index is 11.0. The number of carbonyl (C=O) groups is 1. The van der Waals surface area contributed by atoms with Gasteiger partial charge in [-0.3, -0.25) is 9.97 Å². The van der Waals surface area contributed by atoms with Gasteiger partial charge in [-0.25, -0.2) is 9.78 Å². The number of H-pyrrole nitrogens is 1. The minimum absolute atomic E-state index is 0.0346. The quantitative estimate of drug-likeness (QED) is 0.378. The van der Waals surface area contributed by atoms with E-state index in [1.165, 1.54) is 12.3 Å². The first-order chi connectivity index (χ1) is 12.9. The van der Waals surface area contributed by atoms with Crippen LogP contribution in [0.5, 0.6) is 0 Å². The molecule has 4 aromatic rings. The maximum absolute atomic E-state index is 11.0. The fourth-order valence-electron chi connectivity index (χ4n) is 2.60. The smallest absolute Gasteiger partial charge is 0.337 e. The predicted octanol–water partition coefficient (Wildman–Crippen LogP) is 5.56. The fourth-order valence-corrected chi connectivity index (χ4v) is 4.19. The molecule has 9 heteroatoms. The molecule has 2 N–H and O–H groups in total.